The molecule has 12 unspecified atom stereocenters. The van der Waals surface area contributed by atoms with E-state index in [1.807, 2.05) is 0 Å². The molecule has 186 valence electrons. The van der Waals surface area contributed by atoms with E-state index in [1.165, 1.54) is 42.4 Å². The van der Waals surface area contributed by atoms with Crippen LogP contribution in [0, 0.1) is 76.9 Å². The van der Waals surface area contributed by atoms with Gasteiger partial charge in [-0.1, -0.05) is 62.6 Å². The van der Waals surface area contributed by atoms with E-state index in [4.69, 9.17) is 0 Å². The second kappa shape index (κ2) is 9.70. The van der Waals surface area contributed by atoms with Crippen LogP contribution in [-0.4, -0.2) is 0 Å². The van der Waals surface area contributed by atoms with Crippen LogP contribution in [0.4, 0.5) is 0 Å². The molecule has 0 N–H and O–H groups in total. The molecule has 0 heterocycles. The largest absolute Gasteiger partial charge is 0.0825 e. The van der Waals surface area contributed by atoms with Crippen molar-refractivity contribution in [3.05, 3.63) is 34.9 Å². The molecule has 0 spiro atoms. The number of rotatable bonds is 5. The lowest BCUT2D eigenvalue weighted by Crippen LogP contribution is -2.35. The summed E-state index contributed by atoms with van der Waals surface area (Å²) < 4.78 is 0. The van der Waals surface area contributed by atoms with Gasteiger partial charge in [0.25, 0.3) is 0 Å². The minimum atomic E-state index is 0.800. The number of fused-ring (bicyclic) bond motifs is 2. The van der Waals surface area contributed by atoms with Crippen molar-refractivity contribution < 1.29 is 0 Å². The van der Waals surface area contributed by atoms with Gasteiger partial charge in [-0.05, 0) is 144 Å². The Morgan fingerprint density at radius 1 is 0.545 bits per heavy atom. The highest BCUT2D eigenvalue weighted by Gasteiger charge is 2.61. The van der Waals surface area contributed by atoms with Gasteiger partial charge in [0.05, 0.1) is 0 Å². The Morgan fingerprint density at radius 2 is 0.970 bits per heavy atom. The molecule has 4 aliphatic carbocycles. The Balaban J connectivity index is 1.71. The Bertz CT molecular complexity index is 781. The SMILES string of the molecule is CC(C)=CC1CC(C=C(C)C)C2C1CC(C)C2C1C(C)CC2C(C=C(C)C)CC(C(C)C)C21. The Kier molecular flexibility index (Phi) is 7.44. The summed E-state index contributed by atoms with van der Waals surface area (Å²) in [5.41, 5.74) is 4.61. The normalized spacial score (nSPS) is 46.3. The highest BCUT2D eigenvalue weighted by molar-refractivity contribution is 5.18. The zero-order chi connectivity index (χ0) is 24.2. The summed E-state index contributed by atoms with van der Waals surface area (Å²) in [6.45, 7) is 24.3. The highest BCUT2D eigenvalue weighted by atomic mass is 14.7. The maximum absolute atomic E-state index is 2.69. The summed E-state index contributed by atoms with van der Waals surface area (Å²) in [6, 6.07) is 0. The monoisotopic (exact) mass is 450 g/mol. The summed E-state index contributed by atoms with van der Waals surface area (Å²) in [5, 5.41) is 0. The van der Waals surface area contributed by atoms with Crippen molar-refractivity contribution in [2.45, 2.75) is 94.9 Å². The van der Waals surface area contributed by atoms with Gasteiger partial charge in [-0.15, -0.1) is 0 Å². The van der Waals surface area contributed by atoms with Crippen LogP contribution in [0.2, 0.25) is 0 Å². The first-order valence-corrected chi connectivity index (χ1v) is 14.4. The number of hydrogen-bond acceptors (Lipinski definition) is 0. The van der Waals surface area contributed by atoms with Gasteiger partial charge in [-0.25, -0.2) is 0 Å². The molecule has 0 heteroatoms. The topological polar surface area (TPSA) is 0 Å². The van der Waals surface area contributed by atoms with Gasteiger partial charge in [0.15, 0.2) is 0 Å². The van der Waals surface area contributed by atoms with E-state index in [0.717, 1.165) is 76.9 Å². The fourth-order valence-corrected chi connectivity index (χ4v) is 10.1. The molecule has 0 amide bonds. The molecule has 0 aromatic rings. The molecule has 4 fully saturated rings. The second-order valence-electron chi connectivity index (χ2n) is 14.2. The van der Waals surface area contributed by atoms with Crippen molar-refractivity contribution in [1.29, 1.82) is 0 Å². The molecule has 0 aliphatic heterocycles. The third-order valence-electron chi connectivity index (χ3n) is 10.6. The molecule has 4 saturated carbocycles. The van der Waals surface area contributed by atoms with Crippen LogP contribution in [0.1, 0.15) is 94.9 Å². The van der Waals surface area contributed by atoms with Gasteiger partial charge >= 0.3 is 0 Å². The number of allylic oxidation sites excluding steroid dienone is 6. The smallest absolute Gasteiger partial charge is 0.0191 e. The van der Waals surface area contributed by atoms with Crippen LogP contribution in [0.25, 0.3) is 0 Å². The van der Waals surface area contributed by atoms with Crippen molar-refractivity contribution in [2.75, 3.05) is 0 Å². The van der Waals surface area contributed by atoms with Crippen LogP contribution in [0.3, 0.4) is 0 Å². The Morgan fingerprint density at radius 3 is 1.45 bits per heavy atom. The van der Waals surface area contributed by atoms with Gasteiger partial charge in [0.2, 0.25) is 0 Å². The first kappa shape index (κ1) is 25.3. The first-order valence-electron chi connectivity index (χ1n) is 14.4. The molecule has 4 aliphatic rings. The van der Waals surface area contributed by atoms with Crippen molar-refractivity contribution in [1.82, 2.24) is 0 Å². The molecule has 12 atom stereocenters. The predicted molar refractivity (Wildman–Crippen MR) is 145 cm³/mol. The lowest BCUT2D eigenvalue weighted by atomic mass is 9.65. The molecular weight excluding hydrogens is 396 g/mol. The zero-order valence-electron chi connectivity index (χ0n) is 23.6. The summed E-state index contributed by atoms with van der Waals surface area (Å²) >= 11 is 0. The van der Waals surface area contributed by atoms with E-state index in [1.54, 1.807) is 0 Å². The third-order valence-corrected chi connectivity index (χ3v) is 10.6. The summed E-state index contributed by atoms with van der Waals surface area (Å²) in [5.74, 6) is 11.6. The Labute approximate surface area is 206 Å². The van der Waals surface area contributed by atoms with Gasteiger partial charge in [0, 0.05) is 0 Å². The van der Waals surface area contributed by atoms with Crippen molar-refractivity contribution >= 4 is 0 Å². The van der Waals surface area contributed by atoms with Crippen LogP contribution in [-0.2, 0) is 0 Å². The molecule has 0 radical (unpaired) electrons. The Hall–Kier alpha value is -0.780. The van der Waals surface area contributed by atoms with Crippen LogP contribution in [0.15, 0.2) is 34.9 Å². The maximum atomic E-state index is 2.69. The minimum absolute atomic E-state index is 0.800. The summed E-state index contributed by atoms with van der Waals surface area (Å²) in [6.07, 6.45) is 13.8. The van der Waals surface area contributed by atoms with Crippen molar-refractivity contribution in [3.8, 4) is 0 Å². The lowest BCUT2D eigenvalue weighted by Gasteiger charge is -2.40. The van der Waals surface area contributed by atoms with Gasteiger partial charge in [-0.2, -0.15) is 0 Å². The quantitative estimate of drug-likeness (QED) is 0.366. The first-order chi connectivity index (χ1) is 15.5. The van der Waals surface area contributed by atoms with E-state index in [-0.39, 0.29) is 0 Å². The van der Waals surface area contributed by atoms with E-state index in [2.05, 4.69) is 87.5 Å². The van der Waals surface area contributed by atoms with E-state index in [0.29, 0.717) is 0 Å². The van der Waals surface area contributed by atoms with Crippen molar-refractivity contribution in [3.63, 3.8) is 0 Å². The molecule has 0 bridgehead atoms. The van der Waals surface area contributed by atoms with E-state index >= 15 is 0 Å². The maximum Gasteiger partial charge on any atom is -0.0191 e. The van der Waals surface area contributed by atoms with Crippen LogP contribution < -0.4 is 0 Å². The predicted octanol–water partition coefficient (Wildman–Crippen LogP) is 9.59. The van der Waals surface area contributed by atoms with Gasteiger partial charge < -0.3 is 0 Å². The third kappa shape index (κ3) is 4.71. The molecule has 0 aromatic heterocycles. The minimum Gasteiger partial charge on any atom is -0.0825 e. The molecular formula is C33H54. The zero-order valence-corrected chi connectivity index (χ0v) is 23.6. The van der Waals surface area contributed by atoms with Crippen molar-refractivity contribution in [2.24, 2.45) is 76.9 Å². The molecule has 0 nitrogen and oxygen atoms in total. The fraction of sp³-hybridized carbons (Fsp3) is 0.818. The standard InChI is InChI=1S/C33H54/c1-18(2)11-24-16-26(13-20(5)6)32-28(24)14-22(9)30(32)31-23(10)15-29-25(12-19(3)4)17-27(21(7)8)33(29)31/h11-13,21-33H,14-17H2,1-10H3. The van der Waals surface area contributed by atoms with Crippen LogP contribution in [0.5, 0.6) is 0 Å². The van der Waals surface area contributed by atoms with Gasteiger partial charge in [-0.3, -0.25) is 0 Å². The average molecular weight is 451 g/mol. The second-order valence-corrected chi connectivity index (χ2v) is 14.2. The number of hydrogen-bond donors (Lipinski definition) is 0. The van der Waals surface area contributed by atoms with E-state index < -0.39 is 0 Å². The summed E-state index contributed by atoms with van der Waals surface area (Å²) in [7, 11) is 0. The molecule has 4 rings (SSSR count). The lowest BCUT2D eigenvalue weighted by molar-refractivity contribution is 0.0801. The van der Waals surface area contributed by atoms with Gasteiger partial charge in [0.1, 0.15) is 0 Å². The fourth-order valence-electron chi connectivity index (χ4n) is 10.1. The molecule has 0 saturated heterocycles. The van der Waals surface area contributed by atoms with E-state index in [9.17, 15) is 0 Å². The average Bonchev–Trinajstić information content (AvgIpc) is 3.36. The highest BCUT2D eigenvalue weighted by Crippen LogP contribution is 2.67. The molecule has 33 heavy (non-hydrogen) atoms. The summed E-state index contributed by atoms with van der Waals surface area (Å²) in [4.78, 5) is 0. The molecule has 0 aromatic carbocycles. The van der Waals surface area contributed by atoms with Crippen LogP contribution >= 0.6 is 0 Å².